The minimum absolute atomic E-state index is 0.0166. The summed E-state index contributed by atoms with van der Waals surface area (Å²) >= 11 is 0. The highest BCUT2D eigenvalue weighted by molar-refractivity contribution is 5.94. The summed E-state index contributed by atoms with van der Waals surface area (Å²) in [7, 11) is 0. The number of aliphatic carboxylic acids is 1. The average Bonchev–Trinajstić information content (AvgIpc) is 3.58. The molecule has 0 bridgehead atoms. The van der Waals surface area contributed by atoms with E-state index in [2.05, 4.69) is 5.10 Å². The minimum Gasteiger partial charge on any atom is -0.481 e. The number of aromatic nitrogens is 2. The minimum atomic E-state index is -4.72. The number of ether oxygens (including phenoxy) is 1. The monoisotopic (exact) mass is 622 g/mol. The van der Waals surface area contributed by atoms with Gasteiger partial charge in [-0.2, -0.15) is 18.3 Å². The maximum atomic E-state index is 13.6. The van der Waals surface area contributed by atoms with Gasteiger partial charge in [0.15, 0.2) is 0 Å². The first-order valence-corrected chi connectivity index (χ1v) is 14.9. The molecule has 240 valence electrons. The van der Waals surface area contributed by atoms with Gasteiger partial charge in [0.2, 0.25) is 5.91 Å². The zero-order valence-corrected chi connectivity index (χ0v) is 24.9. The molecule has 1 aromatic carbocycles. The van der Waals surface area contributed by atoms with Crippen molar-refractivity contribution in [3.8, 4) is 0 Å². The van der Waals surface area contributed by atoms with Gasteiger partial charge in [-0.1, -0.05) is 31.4 Å². The van der Waals surface area contributed by atoms with Gasteiger partial charge in [0.1, 0.15) is 11.2 Å². The number of halogens is 4. The molecule has 0 unspecified atom stereocenters. The van der Waals surface area contributed by atoms with Crippen LogP contribution in [0.15, 0.2) is 36.7 Å². The van der Waals surface area contributed by atoms with Gasteiger partial charge < -0.3 is 19.6 Å². The van der Waals surface area contributed by atoms with Crippen LogP contribution in [0.3, 0.4) is 0 Å². The topological polar surface area (TPSA) is 105 Å². The molecule has 9 nitrogen and oxygen atoms in total. The lowest BCUT2D eigenvalue weighted by molar-refractivity contribution is -0.223. The Morgan fingerprint density at radius 1 is 1.02 bits per heavy atom. The lowest BCUT2D eigenvalue weighted by Crippen LogP contribution is -2.66. The van der Waals surface area contributed by atoms with Gasteiger partial charge in [0.25, 0.3) is 5.91 Å². The second kappa shape index (κ2) is 11.8. The van der Waals surface area contributed by atoms with E-state index in [4.69, 9.17) is 4.74 Å². The molecule has 13 heteroatoms. The normalized spacial score (nSPS) is 21.4. The van der Waals surface area contributed by atoms with Crippen molar-refractivity contribution in [2.24, 2.45) is 22.2 Å². The molecule has 2 amide bonds. The quantitative estimate of drug-likeness (QED) is 0.410. The summed E-state index contributed by atoms with van der Waals surface area (Å²) in [6.45, 7) is 2.72. The smallest absolute Gasteiger partial charge is 0.402 e. The van der Waals surface area contributed by atoms with Crippen molar-refractivity contribution >= 4 is 17.8 Å². The Morgan fingerprint density at radius 3 is 2.27 bits per heavy atom. The Labute approximate surface area is 253 Å². The fraction of sp³-hybridized carbons (Fsp3) is 0.613. The van der Waals surface area contributed by atoms with Gasteiger partial charge in [-0.25, -0.2) is 4.39 Å². The summed E-state index contributed by atoms with van der Waals surface area (Å²) in [6.07, 6.45) is 1.90. The molecule has 2 saturated heterocycles. The van der Waals surface area contributed by atoms with Crippen LogP contribution in [0.1, 0.15) is 61.9 Å². The molecule has 44 heavy (non-hydrogen) atoms. The molecule has 0 radical (unpaired) electrons. The van der Waals surface area contributed by atoms with E-state index in [0.717, 1.165) is 38.7 Å². The van der Waals surface area contributed by atoms with Crippen LogP contribution in [0.5, 0.6) is 0 Å². The first-order chi connectivity index (χ1) is 20.7. The predicted octanol–water partition coefficient (Wildman–Crippen LogP) is 4.61. The summed E-state index contributed by atoms with van der Waals surface area (Å²) < 4.78 is 61.7. The third kappa shape index (κ3) is 6.07. The molecule has 2 aliphatic heterocycles. The zero-order chi connectivity index (χ0) is 31.9. The SMILES string of the molecule is CC(C)(C(=O)N1CC2(CN(C(=O)c3cnn(Cc4ccc(F)cc4)c3)C[C@H]2COCC2(C(=O)O)CCCCC2)C1)C(F)(F)F. The number of hydrogen-bond acceptors (Lipinski definition) is 5. The Balaban J connectivity index is 1.29. The van der Waals surface area contributed by atoms with E-state index in [1.54, 1.807) is 27.9 Å². The number of likely N-dealkylation sites (tertiary alicyclic amines) is 2. The van der Waals surface area contributed by atoms with Gasteiger partial charge in [0.05, 0.1) is 36.9 Å². The van der Waals surface area contributed by atoms with Gasteiger partial charge in [0, 0.05) is 43.7 Å². The van der Waals surface area contributed by atoms with Gasteiger partial charge >= 0.3 is 12.1 Å². The van der Waals surface area contributed by atoms with E-state index in [1.165, 1.54) is 23.2 Å². The van der Waals surface area contributed by atoms with Crippen LogP contribution >= 0.6 is 0 Å². The number of carboxylic acids is 1. The van der Waals surface area contributed by atoms with Crippen molar-refractivity contribution in [2.75, 3.05) is 39.4 Å². The van der Waals surface area contributed by atoms with E-state index in [-0.39, 0.29) is 57.0 Å². The number of alkyl halides is 3. The Hall–Kier alpha value is -3.48. The highest BCUT2D eigenvalue weighted by atomic mass is 19.4. The zero-order valence-electron chi connectivity index (χ0n) is 24.9. The number of nitrogens with zero attached hydrogens (tertiary/aromatic N) is 4. The fourth-order valence-electron chi connectivity index (χ4n) is 6.71. The van der Waals surface area contributed by atoms with Crippen molar-refractivity contribution in [2.45, 2.75) is 58.7 Å². The molecule has 5 rings (SSSR count). The van der Waals surface area contributed by atoms with Crippen molar-refractivity contribution in [1.29, 1.82) is 0 Å². The Bertz CT molecular complexity index is 1380. The highest BCUT2D eigenvalue weighted by Crippen LogP contribution is 2.48. The molecule has 2 aromatic rings. The molecule has 1 aromatic heterocycles. The lowest BCUT2D eigenvalue weighted by atomic mass is 9.70. The standard InChI is InChI=1S/C31H38F4N4O5/c1-28(2,31(33,34)35)26(41)38-18-30(19-38)17-37(15-23(30)16-44-20-29(27(42)43)10-4-3-5-11-29)25(40)22-12-36-39(14-22)13-21-6-8-24(32)9-7-21/h6-9,12,14,23H,3-5,10-11,13,15-20H2,1-2H3,(H,42,43)/t23-/m0/s1. The summed E-state index contributed by atoms with van der Waals surface area (Å²) in [5.41, 5.74) is -3.09. The fourth-order valence-corrected chi connectivity index (χ4v) is 6.71. The number of rotatable bonds is 9. The summed E-state index contributed by atoms with van der Waals surface area (Å²) in [5, 5.41) is 14.2. The average molecular weight is 623 g/mol. The number of carbonyl (C=O) groups excluding carboxylic acids is 2. The van der Waals surface area contributed by atoms with Crippen LogP contribution in [0, 0.1) is 28.0 Å². The Kier molecular flexibility index (Phi) is 8.56. The molecule has 1 N–H and O–H groups in total. The van der Waals surface area contributed by atoms with E-state index in [0.29, 0.717) is 24.9 Å². The summed E-state index contributed by atoms with van der Waals surface area (Å²) in [5.74, 6) is -2.90. The molecule has 1 saturated carbocycles. The van der Waals surface area contributed by atoms with Crippen molar-refractivity contribution < 1.29 is 41.8 Å². The van der Waals surface area contributed by atoms with E-state index < -0.39 is 34.3 Å². The third-order valence-electron chi connectivity index (χ3n) is 9.74. The predicted molar refractivity (Wildman–Crippen MR) is 150 cm³/mol. The largest absolute Gasteiger partial charge is 0.481 e. The number of benzene rings is 1. The van der Waals surface area contributed by atoms with Crippen LogP contribution in [-0.2, 0) is 20.9 Å². The van der Waals surface area contributed by atoms with Crippen molar-refractivity contribution in [3.05, 3.63) is 53.6 Å². The molecule has 3 aliphatic rings. The second-order valence-electron chi connectivity index (χ2n) is 13.2. The molecule has 3 heterocycles. The van der Waals surface area contributed by atoms with E-state index >= 15 is 0 Å². The molecule has 1 aliphatic carbocycles. The molecule has 1 spiro atoms. The number of carbonyl (C=O) groups is 3. The molecule has 3 fully saturated rings. The first kappa shape index (κ1) is 31.9. The number of carboxylic acid groups (broad SMARTS) is 1. The lowest BCUT2D eigenvalue weighted by Gasteiger charge is -2.52. The van der Waals surface area contributed by atoms with Crippen LogP contribution in [0.4, 0.5) is 17.6 Å². The van der Waals surface area contributed by atoms with Gasteiger partial charge in [-0.05, 0) is 44.4 Å². The van der Waals surface area contributed by atoms with Crippen molar-refractivity contribution in [3.63, 3.8) is 0 Å². The van der Waals surface area contributed by atoms with Crippen molar-refractivity contribution in [1.82, 2.24) is 19.6 Å². The van der Waals surface area contributed by atoms with E-state index in [9.17, 15) is 37.1 Å². The van der Waals surface area contributed by atoms with Crippen LogP contribution < -0.4 is 0 Å². The Morgan fingerprint density at radius 2 is 1.66 bits per heavy atom. The van der Waals surface area contributed by atoms with Crippen LogP contribution in [-0.4, -0.2) is 88.0 Å². The molecular weight excluding hydrogens is 584 g/mol. The van der Waals surface area contributed by atoms with Gasteiger partial charge in [-0.3, -0.25) is 19.1 Å². The van der Waals surface area contributed by atoms with Gasteiger partial charge in [-0.15, -0.1) is 0 Å². The van der Waals surface area contributed by atoms with E-state index in [1.807, 2.05) is 0 Å². The number of amides is 2. The molecule has 1 atom stereocenters. The second-order valence-corrected chi connectivity index (χ2v) is 13.2. The highest BCUT2D eigenvalue weighted by Gasteiger charge is 2.61. The first-order valence-electron chi connectivity index (χ1n) is 14.9. The number of hydrogen-bond donors (Lipinski definition) is 1. The van der Waals surface area contributed by atoms with Crippen LogP contribution in [0.2, 0.25) is 0 Å². The maximum Gasteiger partial charge on any atom is 0.402 e. The van der Waals surface area contributed by atoms with Crippen LogP contribution in [0.25, 0.3) is 0 Å². The maximum absolute atomic E-state index is 13.6. The summed E-state index contributed by atoms with van der Waals surface area (Å²) in [4.78, 5) is 41.4. The third-order valence-corrected chi connectivity index (χ3v) is 9.74. The molecular formula is C31H38F4N4O5. The summed E-state index contributed by atoms with van der Waals surface area (Å²) in [6, 6.07) is 5.93.